The van der Waals surface area contributed by atoms with Crippen LogP contribution in [-0.4, -0.2) is 40.3 Å². The first-order chi connectivity index (χ1) is 16.4. The van der Waals surface area contributed by atoms with Gasteiger partial charge >= 0.3 is 6.18 Å². The SMILES string of the molecule is CCc1ccc(NC(=O)c2cccc(C(F)(F)F)n2)cc1CN1CCC(C(=O)NC(C)(C)C)CC1. The average Bonchev–Trinajstić information content (AvgIpc) is 2.78. The largest absolute Gasteiger partial charge is 0.433 e. The Kier molecular flexibility index (Phi) is 8.20. The molecular formula is C26H33F3N4O2. The van der Waals surface area contributed by atoms with Crippen LogP contribution in [0.5, 0.6) is 0 Å². The van der Waals surface area contributed by atoms with Gasteiger partial charge in [0, 0.05) is 23.7 Å². The minimum atomic E-state index is -4.62. The first-order valence-corrected chi connectivity index (χ1v) is 11.9. The van der Waals surface area contributed by atoms with Crippen LogP contribution in [0.2, 0.25) is 0 Å². The van der Waals surface area contributed by atoms with Crippen LogP contribution >= 0.6 is 0 Å². The first kappa shape index (κ1) is 26.7. The Balaban J connectivity index is 1.65. The van der Waals surface area contributed by atoms with E-state index in [4.69, 9.17) is 0 Å². The Morgan fingerprint density at radius 2 is 1.74 bits per heavy atom. The van der Waals surface area contributed by atoms with E-state index in [1.54, 1.807) is 6.07 Å². The van der Waals surface area contributed by atoms with Crippen molar-refractivity contribution in [2.75, 3.05) is 18.4 Å². The van der Waals surface area contributed by atoms with E-state index in [1.807, 2.05) is 39.8 Å². The number of hydrogen-bond donors (Lipinski definition) is 2. The van der Waals surface area contributed by atoms with Gasteiger partial charge in [0.15, 0.2) is 0 Å². The smallest absolute Gasteiger partial charge is 0.351 e. The minimum Gasteiger partial charge on any atom is -0.351 e. The molecule has 0 radical (unpaired) electrons. The maximum Gasteiger partial charge on any atom is 0.433 e. The second kappa shape index (κ2) is 10.8. The number of piperidine rings is 1. The lowest BCUT2D eigenvalue weighted by Gasteiger charge is -2.33. The zero-order valence-electron chi connectivity index (χ0n) is 20.6. The first-order valence-electron chi connectivity index (χ1n) is 11.9. The number of anilines is 1. The zero-order valence-corrected chi connectivity index (χ0v) is 20.6. The van der Waals surface area contributed by atoms with Crippen LogP contribution in [0.15, 0.2) is 36.4 Å². The number of amides is 2. The van der Waals surface area contributed by atoms with Gasteiger partial charge in [0.25, 0.3) is 5.91 Å². The van der Waals surface area contributed by atoms with E-state index in [2.05, 4.69) is 20.5 Å². The van der Waals surface area contributed by atoms with Crippen LogP contribution in [0.1, 0.15) is 67.8 Å². The van der Waals surface area contributed by atoms with Gasteiger partial charge in [0.05, 0.1) is 0 Å². The predicted octanol–water partition coefficient (Wildman–Crippen LogP) is 5.04. The molecule has 1 aromatic carbocycles. The van der Waals surface area contributed by atoms with E-state index in [-0.39, 0.29) is 23.1 Å². The Labute approximate surface area is 204 Å². The van der Waals surface area contributed by atoms with Crippen molar-refractivity contribution in [3.63, 3.8) is 0 Å². The number of pyridine rings is 1. The molecule has 35 heavy (non-hydrogen) atoms. The maximum atomic E-state index is 12.9. The highest BCUT2D eigenvalue weighted by molar-refractivity contribution is 6.02. The molecule has 1 aromatic heterocycles. The van der Waals surface area contributed by atoms with Crippen LogP contribution in [-0.2, 0) is 23.9 Å². The van der Waals surface area contributed by atoms with Gasteiger partial charge in [-0.1, -0.05) is 19.1 Å². The van der Waals surface area contributed by atoms with Gasteiger partial charge in [-0.25, -0.2) is 4.98 Å². The number of halogens is 3. The number of rotatable bonds is 6. The monoisotopic (exact) mass is 490 g/mol. The number of carbonyl (C=O) groups is 2. The van der Waals surface area contributed by atoms with Crippen molar-refractivity contribution >= 4 is 17.5 Å². The Morgan fingerprint density at radius 1 is 1.06 bits per heavy atom. The molecule has 3 rings (SSSR count). The molecule has 1 saturated heterocycles. The third-order valence-electron chi connectivity index (χ3n) is 5.97. The lowest BCUT2D eigenvalue weighted by molar-refractivity contribution is -0.141. The second-order valence-electron chi connectivity index (χ2n) is 9.99. The number of likely N-dealkylation sites (tertiary alicyclic amines) is 1. The van der Waals surface area contributed by atoms with Crippen LogP contribution < -0.4 is 10.6 Å². The summed E-state index contributed by atoms with van der Waals surface area (Å²) in [5.41, 5.74) is 1.02. The number of aromatic nitrogens is 1. The highest BCUT2D eigenvalue weighted by Gasteiger charge is 2.33. The summed E-state index contributed by atoms with van der Waals surface area (Å²) in [7, 11) is 0. The van der Waals surface area contributed by atoms with Crippen LogP contribution in [0.4, 0.5) is 18.9 Å². The van der Waals surface area contributed by atoms with E-state index in [0.29, 0.717) is 12.2 Å². The van der Waals surface area contributed by atoms with Crippen molar-refractivity contribution in [1.82, 2.24) is 15.2 Å². The molecule has 6 nitrogen and oxygen atoms in total. The summed E-state index contributed by atoms with van der Waals surface area (Å²) in [6.45, 7) is 10.2. The second-order valence-corrected chi connectivity index (χ2v) is 9.99. The molecular weight excluding hydrogens is 457 g/mol. The molecule has 1 aliphatic heterocycles. The van der Waals surface area contributed by atoms with Gasteiger partial charge in [-0.15, -0.1) is 0 Å². The highest BCUT2D eigenvalue weighted by atomic mass is 19.4. The van der Waals surface area contributed by atoms with Crippen molar-refractivity contribution in [3.8, 4) is 0 Å². The summed E-state index contributed by atoms with van der Waals surface area (Å²) in [5.74, 6) is -0.599. The summed E-state index contributed by atoms with van der Waals surface area (Å²) in [4.78, 5) is 30.8. The molecule has 0 aliphatic carbocycles. The molecule has 1 fully saturated rings. The number of benzene rings is 1. The van der Waals surface area contributed by atoms with Gasteiger partial charge in [-0.2, -0.15) is 13.2 Å². The number of aryl methyl sites for hydroxylation is 1. The van der Waals surface area contributed by atoms with E-state index in [9.17, 15) is 22.8 Å². The standard InChI is InChI=1S/C26H33F3N4O2/c1-5-17-9-10-20(30-24(35)21-7-6-8-22(31-21)26(27,28)29)15-19(17)16-33-13-11-18(12-14-33)23(34)32-25(2,3)4/h6-10,15,18H,5,11-14,16H2,1-4H3,(H,30,35)(H,32,34). The third kappa shape index (κ3) is 7.52. The van der Waals surface area contributed by atoms with E-state index in [1.165, 1.54) is 12.1 Å². The van der Waals surface area contributed by atoms with Gasteiger partial charge in [0.2, 0.25) is 5.91 Å². The lowest BCUT2D eigenvalue weighted by atomic mass is 9.93. The molecule has 0 unspecified atom stereocenters. The summed E-state index contributed by atoms with van der Waals surface area (Å²) in [5, 5.41) is 5.73. The van der Waals surface area contributed by atoms with E-state index < -0.39 is 17.8 Å². The predicted molar refractivity (Wildman–Crippen MR) is 129 cm³/mol. The highest BCUT2D eigenvalue weighted by Crippen LogP contribution is 2.28. The Hall–Kier alpha value is -2.94. The molecule has 0 saturated carbocycles. The molecule has 2 N–H and O–H groups in total. The van der Waals surface area contributed by atoms with Crippen LogP contribution in [0.25, 0.3) is 0 Å². The minimum absolute atomic E-state index is 0.00158. The van der Waals surface area contributed by atoms with E-state index in [0.717, 1.165) is 49.5 Å². The molecule has 2 aromatic rings. The van der Waals surface area contributed by atoms with Crippen molar-refractivity contribution in [2.24, 2.45) is 5.92 Å². The molecule has 2 amide bonds. The lowest BCUT2D eigenvalue weighted by Crippen LogP contribution is -2.46. The van der Waals surface area contributed by atoms with Gasteiger partial charge in [-0.05, 0) is 88.5 Å². The Bertz CT molecular complexity index is 1060. The third-order valence-corrected chi connectivity index (χ3v) is 5.97. The van der Waals surface area contributed by atoms with Gasteiger partial charge in [0.1, 0.15) is 11.4 Å². The van der Waals surface area contributed by atoms with Crippen molar-refractivity contribution < 1.29 is 22.8 Å². The van der Waals surface area contributed by atoms with E-state index >= 15 is 0 Å². The summed E-state index contributed by atoms with van der Waals surface area (Å²) >= 11 is 0. The molecule has 9 heteroatoms. The number of carbonyl (C=O) groups excluding carboxylic acids is 2. The summed E-state index contributed by atoms with van der Waals surface area (Å²) in [6, 6.07) is 8.79. The van der Waals surface area contributed by atoms with Gasteiger partial charge < -0.3 is 10.6 Å². The Morgan fingerprint density at radius 3 is 2.34 bits per heavy atom. The fraction of sp³-hybridized carbons (Fsp3) is 0.500. The summed E-state index contributed by atoms with van der Waals surface area (Å²) < 4.78 is 38.8. The van der Waals surface area contributed by atoms with Gasteiger partial charge in [-0.3, -0.25) is 14.5 Å². The fourth-order valence-electron chi connectivity index (χ4n) is 4.18. The number of hydrogen-bond acceptors (Lipinski definition) is 4. The maximum absolute atomic E-state index is 12.9. The normalized spacial score (nSPS) is 15.6. The van der Waals surface area contributed by atoms with Crippen molar-refractivity contribution in [3.05, 3.63) is 58.9 Å². The van der Waals surface area contributed by atoms with Crippen molar-refractivity contribution in [1.29, 1.82) is 0 Å². The number of nitrogens with zero attached hydrogens (tertiary/aromatic N) is 2. The molecule has 190 valence electrons. The molecule has 0 spiro atoms. The quantitative estimate of drug-likeness (QED) is 0.595. The molecule has 0 atom stereocenters. The van der Waals surface area contributed by atoms with Crippen LogP contribution in [0.3, 0.4) is 0 Å². The molecule has 1 aliphatic rings. The van der Waals surface area contributed by atoms with Crippen LogP contribution in [0, 0.1) is 5.92 Å². The molecule has 0 bridgehead atoms. The average molecular weight is 491 g/mol. The number of nitrogens with one attached hydrogen (secondary N) is 2. The van der Waals surface area contributed by atoms with Crippen molar-refractivity contribution in [2.45, 2.75) is 65.2 Å². The fourth-order valence-corrected chi connectivity index (χ4v) is 4.18. The summed E-state index contributed by atoms with van der Waals surface area (Å²) in [6.07, 6.45) is -2.25. The zero-order chi connectivity index (χ0) is 25.8. The topological polar surface area (TPSA) is 74.3 Å². The number of alkyl halides is 3. The molecule has 2 heterocycles.